The Labute approximate surface area is 170 Å². The number of nitrogens with zero attached hydrogens (tertiary/aromatic N) is 2. The van der Waals surface area contributed by atoms with Gasteiger partial charge in [-0.2, -0.15) is 5.10 Å². The highest BCUT2D eigenvalue weighted by Gasteiger charge is 2.20. The molecule has 2 aromatic rings. The summed E-state index contributed by atoms with van der Waals surface area (Å²) in [5, 5.41) is 7.00. The summed E-state index contributed by atoms with van der Waals surface area (Å²) in [5.74, 6) is 0.146. The van der Waals surface area contributed by atoms with Crippen LogP contribution in [0.3, 0.4) is 0 Å². The lowest BCUT2D eigenvalue weighted by Crippen LogP contribution is -2.29. The molecule has 0 aliphatic rings. The first-order valence-electron chi connectivity index (χ1n) is 9.27. The van der Waals surface area contributed by atoms with Gasteiger partial charge in [0.1, 0.15) is 0 Å². The molecule has 1 aromatic carbocycles. The van der Waals surface area contributed by atoms with Crippen LogP contribution in [0.2, 0.25) is 0 Å². The molecule has 1 amide bonds. The van der Waals surface area contributed by atoms with Crippen molar-refractivity contribution in [1.29, 1.82) is 0 Å². The van der Waals surface area contributed by atoms with Gasteiger partial charge >= 0.3 is 5.97 Å². The molecule has 1 N–H and O–H groups in total. The van der Waals surface area contributed by atoms with Crippen LogP contribution in [-0.2, 0) is 21.4 Å². The van der Waals surface area contributed by atoms with Gasteiger partial charge in [0, 0.05) is 13.1 Å². The Morgan fingerprint density at radius 1 is 1.28 bits per heavy atom. The molecule has 8 nitrogen and oxygen atoms in total. The van der Waals surface area contributed by atoms with Gasteiger partial charge in [0.05, 0.1) is 30.8 Å². The SMILES string of the molecule is CCOc1ccc(/C=C/C(=O)O[C@H](C)C(=O)Nc2c(C)nn(C)c2C)cc1OC. The summed E-state index contributed by atoms with van der Waals surface area (Å²) in [4.78, 5) is 24.4. The Morgan fingerprint density at radius 2 is 2.00 bits per heavy atom. The fourth-order valence-corrected chi connectivity index (χ4v) is 2.67. The number of hydrogen-bond acceptors (Lipinski definition) is 6. The second kappa shape index (κ2) is 9.77. The molecule has 8 heteroatoms. The molecule has 0 aliphatic carbocycles. The maximum Gasteiger partial charge on any atom is 0.331 e. The van der Waals surface area contributed by atoms with Crippen LogP contribution in [0.4, 0.5) is 5.69 Å². The zero-order chi connectivity index (χ0) is 21.6. The van der Waals surface area contributed by atoms with Crippen molar-refractivity contribution in [1.82, 2.24) is 9.78 Å². The predicted octanol–water partition coefficient (Wildman–Crippen LogP) is 3.03. The number of anilines is 1. The molecule has 0 bridgehead atoms. The van der Waals surface area contributed by atoms with Crippen molar-refractivity contribution in [2.75, 3.05) is 19.0 Å². The van der Waals surface area contributed by atoms with E-state index in [0.717, 1.165) is 11.3 Å². The molecule has 156 valence electrons. The van der Waals surface area contributed by atoms with Crippen LogP contribution in [0, 0.1) is 13.8 Å². The Hall–Kier alpha value is -3.29. The summed E-state index contributed by atoms with van der Waals surface area (Å²) < 4.78 is 17.6. The highest BCUT2D eigenvalue weighted by Crippen LogP contribution is 2.28. The summed E-state index contributed by atoms with van der Waals surface area (Å²) in [6.07, 6.45) is 1.89. The lowest BCUT2D eigenvalue weighted by Gasteiger charge is -2.12. The fourth-order valence-electron chi connectivity index (χ4n) is 2.67. The van der Waals surface area contributed by atoms with E-state index in [-0.39, 0.29) is 0 Å². The smallest absolute Gasteiger partial charge is 0.331 e. The quantitative estimate of drug-likeness (QED) is 0.540. The summed E-state index contributed by atoms with van der Waals surface area (Å²) in [6.45, 7) is 7.57. The first-order chi connectivity index (χ1) is 13.8. The van der Waals surface area contributed by atoms with Crippen LogP contribution in [0.25, 0.3) is 6.08 Å². The average Bonchev–Trinajstić information content (AvgIpc) is 2.93. The zero-order valence-corrected chi connectivity index (χ0v) is 17.6. The summed E-state index contributed by atoms with van der Waals surface area (Å²) in [5.41, 5.74) is 2.87. The molecular weight excluding hydrogens is 374 g/mol. The molecule has 2 rings (SSSR count). The van der Waals surface area contributed by atoms with Crippen LogP contribution in [-0.4, -0.2) is 41.5 Å². The predicted molar refractivity (Wildman–Crippen MR) is 110 cm³/mol. The molecule has 0 fully saturated rings. The number of methoxy groups -OCH3 is 1. The third kappa shape index (κ3) is 5.60. The van der Waals surface area contributed by atoms with Crippen LogP contribution in [0.5, 0.6) is 11.5 Å². The molecule has 1 aromatic heterocycles. The number of amides is 1. The number of ether oxygens (including phenoxy) is 3. The molecule has 0 unspecified atom stereocenters. The summed E-state index contributed by atoms with van der Waals surface area (Å²) in [6, 6.07) is 5.31. The second-order valence-electron chi connectivity index (χ2n) is 6.41. The Morgan fingerprint density at radius 3 is 2.59 bits per heavy atom. The largest absolute Gasteiger partial charge is 0.493 e. The fraction of sp³-hybridized carbons (Fsp3) is 0.381. The van der Waals surface area contributed by atoms with Gasteiger partial charge in [0.2, 0.25) is 0 Å². The van der Waals surface area contributed by atoms with E-state index in [1.165, 1.54) is 13.0 Å². The van der Waals surface area contributed by atoms with Crippen molar-refractivity contribution in [2.24, 2.45) is 7.05 Å². The van der Waals surface area contributed by atoms with Gasteiger partial charge in [-0.05, 0) is 51.5 Å². The second-order valence-corrected chi connectivity index (χ2v) is 6.41. The number of aromatic nitrogens is 2. The van der Waals surface area contributed by atoms with E-state index in [2.05, 4.69) is 10.4 Å². The third-order valence-electron chi connectivity index (χ3n) is 4.32. The molecule has 0 saturated carbocycles. The number of hydrogen-bond donors (Lipinski definition) is 1. The van der Waals surface area contributed by atoms with Crippen molar-refractivity contribution in [2.45, 2.75) is 33.8 Å². The van der Waals surface area contributed by atoms with Gasteiger partial charge in [-0.3, -0.25) is 9.48 Å². The van der Waals surface area contributed by atoms with E-state index < -0.39 is 18.0 Å². The maximum absolute atomic E-state index is 12.3. The highest BCUT2D eigenvalue weighted by molar-refractivity contribution is 5.97. The van der Waals surface area contributed by atoms with Crippen molar-refractivity contribution in [3.8, 4) is 11.5 Å². The molecule has 1 atom stereocenters. The van der Waals surface area contributed by atoms with Crippen LogP contribution >= 0.6 is 0 Å². The summed E-state index contributed by atoms with van der Waals surface area (Å²) >= 11 is 0. The lowest BCUT2D eigenvalue weighted by atomic mass is 10.2. The van der Waals surface area contributed by atoms with Crippen molar-refractivity contribution >= 4 is 23.6 Å². The van der Waals surface area contributed by atoms with Gasteiger partial charge in [0.25, 0.3) is 5.91 Å². The molecule has 1 heterocycles. The van der Waals surface area contributed by atoms with Crippen LogP contribution < -0.4 is 14.8 Å². The minimum Gasteiger partial charge on any atom is -0.493 e. The molecule has 0 aliphatic heterocycles. The first kappa shape index (κ1) is 22.0. The standard InChI is InChI=1S/C21H27N3O5/c1-7-28-17-10-8-16(12-18(17)27-6)9-11-19(25)29-15(4)21(26)22-20-13(2)23-24(5)14(20)3/h8-12,15H,7H2,1-6H3,(H,22,26)/b11-9+/t15-/m1/s1. The number of rotatable bonds is 8. The number of carbonyl (C=O) groups is 2. The van der Waals surface area contributed by atoms with Gasteiger partial charge in [-0.1, -0.05) is 6.07 Å². The van der Waals surface area contributed by atoms with Crippen molar-refractivity contribution < 1.29 is 23.8 Å². The van der Waals surface area contributed by atoms with Gasteiger partial charge < -0.3 is 19.5 Å². The molecule has 29 heavy (non-hydrogen) atoms. The highest BCUT2D eigenvalue weighted by atomic mass is 16.5. The van der Waals surface area contributed by atoms with Crippen molar-refractivity contribution in [3.05, 3.63) is 41.2 Å². The Bertz CT molecular complexity index is 917. The van der Waals surface area contributed by atoms with Gasteiger partial charge in [0.15, 0.2) is 17.6 Å². The molecule has 0 saturated heterocycles. The number of esters is 1. The van der Waals surface area contributed by atoms with Crippen LogP contribution in [0.1, 0.15) is 30.8 Å². The topological polar surface area (TPSA) is 91.7 Å². The van der Waals surface area contributed by atoms with Gasteiger partial charge in [-0.15, -0.1) is 0 Å². The Balaban J connectivity index is 1.98. The van der Waals surface area contributed by atoms with E-state index in [1.54, 1.807) is 50.0 Å². The maximum atomic E-state index is 12.3. The number of aryl methyl sites for hydroxylation is 2. The van der Waals surface area contributed by atoms with E-state index in [1.807, 2.05) is 13.8 Å². The van der Waals surface area contributed by atoms with E-state index in [9.17, 15) is 9.59 Å². The summed E-state index contributed by atoms with van der Waals surface area (Å²) in [7, 11) is 3.34. The molecule has 0 spiro atoms. The lowest BCUT2D eigenvalue weighted by molar-refractivity contribution is -0.148. The average molecular weight is 401 g/mol. The van der Waals surface area contributed by atoms with E-state index in [0.29, 0.717) is 29.5 Å². The van der Waals surface area contributed by atoms with Crippen LogP contribution in [0.15, 0.2) is 24.3 Å². The normalized spacial score (nSPS) is 11.9. The number of benzene rings is 1. The van der Waals surface area contributed by atoms with E-state index in [4.69, 9.17) is 14.2 Å². The zero-order valence-electron chi connectivity index (χ0n) is 17.6. The van der Waals surface area contributed by atoms with E-state index >= 15 is 0 Å². The van der Waals surface area contributed by atoms with Gasteiger partial charge in [-0.25, -0.2) is 4.79 Å². The molecule has 0 radical (unpaired) electrons. The minimum absolute atomic E-state index is 0.423. The first-order valence-corrected chi connectivity index (χ1v) is 9.27. The molecular formula is C21H27N3O5. The third-order valence-corrected chi connectivity index (χ3v) is 4.32. The monoisotopic (exact) mass is 401 g/mol. The van der Waals surface area contributed by atoms with Crippen molar-refractivity contribution in [3.63, 3.8) is 0 Å². The number of carbonyl (C=O) groups excluding carboxylic acids is 2. The minimum atomic E-state index is -0.957. The number of nitrogens with one attached hydrogen (secondary N) is 1. The Kier molecular flexibility index (Phi) is 7.41.